The lowest BCUT2D eigenvalue weighted by atomic mass is 10.7. The molecule has 0 atom stereocenters. The molecule has 1 rings (SSSR count). The molecule has 0 bridgehead atoms. The molecule has 0 aliphatic carbocycles. The molecule has 1 aromatic rings. The van der Waals surface area contributed by atoms with Gasteiger partial charge in [-0.1, -0.05) is 0 Å². The number of H-pyrrole nitrogens is 1. The Morgan fingerprint density at radius 2 is 1.43 bits per heavy atom. The van der Waals surface area contributed by atoms with Crippen LogP contribution in [0.1, 0.15) is 0 Å². The second-order valence-electron chi connectivity index (χ2n) is 0.885. The first-order chi connectivity index (χ1) is 2.50. The number of halogens is 2. The number of hydrogen-bond donors (Lipinski definition) is 1. The molecule has 0 radical (unpaired) electrons. The number of rotatable bonds is 0. The van der Waals surface area contributed by atoms with Crippen molar-refractivity contribution in [2.75, 3.05) is 0 Å². The lowest BCUT2D eigenvalue weighted by molar-refractivity contribution is 1.11. The summed E-state index contributed by atoms with van der Waals surface area (Å²) in [7, 11) is 0. The van der Waals surface area contributed by atoms with Crippen molar-refractivity contribution >= 4 is 12.4 Å². The van der Waals surface area contributed by atoms with Gasteiger partial charge in [0.15, 0.2) is 0 Å². The van der Waals surface area contributed by atoms with Crippen LogP contribution < -0.4 is 0 Å². The number of hydrogen-bond acceptors (Lipinski definition) is 0. The highest BCUT2D eigenvalue weighted by Gasteiger charge is 1.55. The molecular formula is C4H7ClFN. The van der Waals surface area contributed by atoms with Gasteiger partial charge in [0.05, 0.1) is 0 Å². The van der Waals surface area contributed by atoms with Crippen molar-refractivity contribution in [1.29, 1.82) is 0 Å². The fourth-order valence-corrected chi connectivity index (χ4v) is 0.278. The molecule has 42 valence electrons. The zero-order valence-electron chi connectivity index (χ0n) is 3.63. The molecule has 0 aliphatic rings. The molecule has 0 spiro atoms. The van der Waals surface area contributed by atoms with Crippen molar-refractivity contribution < 1.29 is 4.70 Å². The van der Waals surface area contributed by atoms with Crippen molar-refractivity contribution in [3.05, 3.63) is 24.5 Å². The van der Waals surface area contributed by atoms with Crippen LogP contribution in [-0.2, 0) is 0 Å². The van der Waals surface area contributed by atoms with E-state index in [-0.39, 0.29) is 17.1 Å². The van der Waals surface area contributed by atoms with E-state index in [1.807, 2.05) is 24.5 Å². The minimum absolute atomic E-state index is 0. The Hall–Kier alpha value is -0.500. The minimum atomic E-state index is 0. The van der Waals surface area contributed by atoms with Crippen molar-refractivity contribution in [3.8, 4) is 0 Å². The highest BCUT2D eigenvalue weighted by molar-refractivity contribution is 5.85. The third kappa shape index (κ3) is 3.33. The van der Waals surface area contributed by atoms with Crippen LogP contribution in [0, 0.1) is 0 Å². The lowest BCUT2D eigenvalue weighted by Crippen LogP contribution is -1.38. The summed E-state index contributed by atoms with van der Waals surface area (Å²) in [5.74, 6) is 0. The maximum Gasteiger partial charge on any atom is 0.000496 e. The predicted octanol–water partition coefficient (Wildman–Crippen LogP) is 1.59. The third-order valence-corrected chi connectivity index (χ3v) is 0.496. The molecule has 0 saturated carbocycles. The van der Waals surface area contributed by atoms with Crippen LogP contribution in [0.3, 0.4) is 0 Å². The van der Waals surface area contributed by atoms with E-state index < -0.39 is 0 Å². The average molecular weight is 124 g/mol. The van der Waals surface area contributed by atoms with Crippen LogP contribution in [0.4, 0.5) is 4.70 Å². The normalized spacial score (nSPS) is 5.71. The number of aromatic amines is 1. The zero-order valence-corrected chi connectivity index (χ0v) is 4.44. The van der Waals surface area contributed by atoms with E-state index in [9.17, 15) is 0 Å². The van der Waals surface area contributed by atoms with Crippen molar-refractivity contribution in [2.45, 2.75) is 0 Å². The molecule has 0 unspecified atom stereocenters. The molecule has 0 aromatic carbocycles. The van der Waals surface area contributed by atoms with Gasteiger partial charge in [0.25, 0.3) is 0 Å². The fraction of sp³-hybridized carbons (Fsp3) is 0. The highest BCUT2D eigenvalue weighted by Crippen LogP contribution is 1.72. The monoisotopic (exact) mass is 123 g/mol. The highest BCUT2D eigenvalue weighted by atomic mass is 35.5. The van der Waals surface area contributed by atoms with Gasteiger partial charge in [0.1, 0.15) is 0 Å². The van der Waals surface area contributed by atoms with E-state index in [1.165, 1.54) is 0 Å². The molecule has 0 amide bonds. The maximum absolute atomic E-state index is 2.86. The number of aromatic nitrogens is 1. The molecule has 3 heteroatoms. The molecule has 0 saturated heterocycles. The predicted molar refractivity (Wildman–Crippen MR) is 30.5 cm³/mol. The van der Waals surface area contributed by atoms with Crippen LogP contribution in [0.2, 0.25) is 0 Å². The summed E-state index contributed by atoms with van der Waals surface area (Å²) >= 11 is 0. The summed E-state index contributed by atoms with van der Waals surface area (Å²) in [5, 5.41) is 0. The molecular weight excluding hydrogens is 117 g/mol. The fourth-order valence-electron chi connectivity index (χ4n) is 0.278. The SMILES string of the molecule is Cl.F.c1cc[nH]c1. The standard InChI is InChI=1S/C4H5N.ClH.FH/c1-2-4-5-3-1;;/h1-5H;2*1H. The molecule has 7 heavy (non-hydrogen) atoms. The van der Waals surface area contributed by atoms with Crippen LogP contribution in [0.15, 0.2) is 24.5 Å². The Kier molecular flexibility index (Phi) is 7.63. The summed E-state index contributed by atoms with van der Waals surface area (Å²) < 4.78 is 0. The van der Waals surface area contributed by atoms with Gasteiger partial charge in [-0.05, 0) is 12.1 Å². The second kappa shape index (κ2) is 5.50. The zero-order chi connectivity index (χ0) is 3.54. The van der Waals surface area contributed by atoms with E-state index in [2.05, 4.69) is 4.98 Å². The summed E-state index contributed by atoms with van der Waals surface area (Å²) in [4.78, 5) is 2.86. The van der Waals surface area contributed by atoms with Crippen LogP contribution >= 0.6 is 12.4 Å². The van der Waals surface area contributed by atoms with Gasteiger partial charge in [-0.25, -0.2) is 0 Å². The first kappa shape index (κ1) is 9.71. The van der Waals surface area contributed by atoms with Gasteiger partial charge >= 0.3 is 0 Å². The molecule has 1 aromatic heterocycles. The van der Waals surface area contributed by atoms with Gasteiger partial charge < -0.3 is 4.98 Å². The topological polar surface area (TPSA) is 15.8 Å². The number of nitrogens with one attached hydrogen (secondary N) is 1. The Labute approximate surface area is 47.5 Å². The average Bonchev–Trinajstić information content (AvgIpc) is 1.76. The second-order valence-corrected chi connectivity index (χ2v) is 0.885. The van der Waals surface area contributed by atoms with E-state index in [0.717, 1.165) is 0 Å². The van der Waals surface area contributed by atoms with Gasteiger partial charge in [0, 0.05) is 12.4 Å². The van der Waals surface area contributed by atoms with E-state index in [1.54, 1.807) is 0 Å². The van der Waals surface area contributed by atoms with Crippen LogP contribution in [-0.4, -0.2) is 4.98 Å². The first-order valence-electron chi connectivity index (χ1n) is 1.58. The first-order valence-corrected chi connectivity index (χ1v) is 1.58. The third-order valence-electron chi connectivity index (χ3n) is 0.496. The van der Waals surface area contributed by atoms with E-state index >= 15 is 0 Å². The van der Waals surface area contributed by atoms with E-state index in [4.69, 9.17) is 0 Å². The van der Waals surface area contributed by atoms with Crippen molar-refractivity contribution in [3.63, 3.8) is 0 Å². The van der Waals surface area contributed by atoms with Crippen LogP contribution in [0.25, 0.3) is 0 Å². The molecule has 1 heterocycles. The molecule has 1 nitrogen and oxygen atoms in total. The summed E-state index contributed by atoms with van der Waals surface area (Å²) in [5.41, 5.74) is 0. The van der Waals surface area contributed by atoms with Crippen LogP contribution in [0.5, 0.6) is 0 Å². The Bertz CT molecular complexity index is 68.2. The Morgan fingerprint density at radius 3 is 1.57 bits per heavy atom. The Morgan fingerprint density at radius 1 is 1.00 bits per heavy atom. The molecule has 0 fully saturated rings. The van der Waals surface area contributed by atoms with Gasteiger partial charge in [-0.3, -0.25) is 4.70 Å². The largest absolute Gasteiger partial charge is 0.368 e. The maximum atomic E-state index is 2.86. The summed E-state index contributed by atoms with van der Waals surface area (Å²) in [6.45, 7) is 0. The summed E-state index contributed by atoms with van der Waals surface area (Å²) in [6, 6.07) is 3.89. The smallest absolute Gasteiger partial charge is 0.000496 e. The van der Waals surface area contributed by atoms with Gasteiger partial charge in [-0.15, -0.1) is 12.4 Å². The van der Waals surface area contributed by atoms with Gasteiger partial charge in [-0.2, -0.15) is 0 Å². The molecule has 0 aliphatic heterocycles. The summed E-state index contributed by atoms with van der Waals surface area (Å²) in [6.07, 6.45) is 3.75. The molecule has 1 N–H and O–H groups in total. The lowest BCUT2D eigenvalue weighted by Gasteiger charge is -1.49. The quantitative estimate of drug-likeness (QED) is 0.539. The van der Waals surface area contributed by atoms with E-state index in [0.29, 0.717) is 0 Å². The minimum Gasteiger partial charge on any atom is -0.368 e. The van der Waals surface area contributed by atoms with Crippen molar-refractivity contribution in [2.24, 2.45) is 0 Å². The van der Waals surface area contributed by atoms with Crippen molar-refractivity contribution in [1.82, 2.24) is 4.98 Å². The Balaban J connectivity index is 0. The van der Waals surface area contributed by atoms with Gasteiger partial charge in [0.2, 0.25) is 0 Å².